The number of piperazine rings is 1. The van der Waals surface area contributed by atoms with Gasteiger partial charge in [-0.1, -0.05) is 26.0 Å². The highest BCUT2D eigenvalue weighted by Crippen LogP contribution is 2.35. The third kappa shape index (κ3) is 3.98. The second-order valence-corrected chi connectivity index (χ2v) is 7.23. The van der Waals surface area contributed by atoms with Gasteiger partial charge in [0, 0.05) is 31.7 Å². The molecule has 1 aromatic carbocycles. The van der Waals surface area contributed by atoms with E-state index in [9.17, 15) is 5.11 Å². The monoisotopic (exact) mass is 288 g/mol. The third-order valence-corrected chi connectivity index (χ3v) is 4.82. The maximum atomic E-state index is 9.43. The van der Waals surface area contributed by atoms with Crippen LogP contribution in [0.25, 0.3) is 0 Å². The van der Waals surface area contributed by atoms with Crippen molar-refractivity contribution in [3.05, 3.63) is 29.8 Å². The number of benzene rings is 1. The van der Waals surface area contributed by atoms with Gasteiger partial charge in [-0.25, -0.2) is 0 Å². The molecule has 1 saturated heterocycles. The molecule has 0 amide bonds. The van der Waals surface area contributed by atoms with Gasteiger partial charge in [-0.3, -0.25) is 4.90 Å². The van der Waals surface area contributed by atoms with Crippen molar-refractivity contribution in [3.63, 3.8) is 0 Å². The minimum atomic E-state index is 0.355. The van der Waals surface area contributed by atoms with E-state index in [1.165, 1.54) is 31.4 Å². The van der Waals surface area contributed by atoms with Crippen LogP contribution >= 0.6 is 0 Å². The molecule has 3 rings (SSSR count). The largest absolute Gasteiger partial charge is 0.508 e. The van der Waals surface area contributed by atoms with E-state index in [0.717, 1.165) is 24.9 Å². The number of phenols is 1. The lowest BCUT2D eigenvalue weighted by atomic mass is 9.97. The van der Waals surface area contributed by atoms with Crippen LogP contribution in [0, 0.1) is 11.8 Å². The van der Waals surface area contributed by atoms with Gasteiger partial charge < -0.3 is 10.4 Å². The Balaban J connectivity index is 1.67. The van der Waals surface area contributed by atoms with E-state index in [1.807, 2.05) is 0 Å². The zero-order valence-electron chi connectivity index (χ0n) is 13.3. The van der Waals surface area contributed by atoms with Gasteiger partial charge in [0.15, 0.2) is 0 Å². The van der Waals surface area contributed by atoms with Crippen molar-refractivity contribution in [3.8, 4) is 5.75 Å². The second kappa shape index (κ2) is 6.37. The van der Waals surface area contributed by atoms with Crippen LogP contribution in [-0.2, 0) is 6.54 Å². The van der Waals surface area contributed by atoms with E-state index in [0.29, 0.717) is 17.8 Å². The molecule has 0 bridgehead atoms. The number of nitrogens with zero attached hydrogens (tertiary/aromatic N) is 1. The summed E-state index contributed by atoms with van der Waals surface area (Å²) in [5.74, 6) is 2.00. The van der Waals surface area contributed by atoms with Crippen LogP contribution in [0.3, 0.4) is 0 Å². The van der Waals surface area contributed by atoms with Gasteiger partial charge >= 0.3 is 0 Å². The Kier molecular flexibility index (Phi) is 4.51. The van der Waals surface area contributed by atoms with Crippen LogP contribution in [0.5, 0.6) is 5.75 Å². The Morgan fingerprint density at radius 2 is 1.95 bits per heavy atom. The van der Waals surface area contributed by atoms with Crippen LogP contribution in [0.15, 0.2) is 24.3 Å². The Bertz CT molecular complexity index is 453. The summed E-state index contributed by atoms with van der Waals surface area (Å²) >= 11 is 0. The molecule has 116 valence electrons. The topological polar surface area (TPSA) is 35.5 Å². The van der Waals surface area contributed by atoms with E-state index >= 15 is 0 Å². The van der Waals surface area contributed by atoms with Crippen molar-refractivity contribution in [1.29, 1.82) is 0 Å². The summed E-state index contributed by atoms with van der Waals surface area (Å²) in [6.07, 6.45) is 4.06. The fourth-order valence-corrected chi connectivity index (χ4v) is 3.50. The number of nitrogens with one attached hydrogen (secondary N) is 1. The SMILES string of the molecule is CC(C)CC1CNC(C2CC2)CN1Cc1ccc(O)cc1. The van der Waals surface area contributed by atoms with E-state index in [-0.39, 0.29) is 0 Å². The Morgan fingerprint density at radius 1 is 1.24 bits per heavy atom. The van der Waals surface area contributed by atoms with E-state index in [4.69, 9.17) is 0 Å². The molecule has 0 radical (unpaired) electrons. The van der Waals surface area contributed by atoms with Crippen molar-refractivity contribution < 1.29 is 5.11 Å². The van der Waals surface area contributed by atoms with Crippen molar-refractivity contribution in [2.75, 3.05) is 13.1 Å². The molecule has 3 heteroatoms. The molecule has 2 N–H and O–H groups in total. The summed E-state index contributed by atoms with van der Waals surface area (Å²) in [6, 6.07) is 9.02. The molecule has 1 aromatic rings. The molecule has 2 fully saturated rings. The van der Waals surface area contributed by atoms with E-state index in [1.54, 1.807) is 12.1 Å². The van der Waals surface area contributed by atoms with Crippen LogP contribution in [0.2, 0.25) is 0 Å². The third-order valence-electron chi connectivity index (χ3n) is 4.82. The Labute approximate surface area is 128 Å². The summed E-state index contributed by atoms with van der Waals surface area (Å²) in [5, 5.41) is 13.2. The first-order valence-corrected chi connectivity index (χ1v) is 8.37. The predicted octanol–water partition coefficient (Wildman–Crippen LogP) is 2.99. The Morgan fingerprint density at radius 3 is 2.57 bits per heavy atom. The number of rotatable bonds is 5. The molecule has 1 aliphatic carbocycles. The molecule has 2 aliphatic rings. The van der Waals surface area contributed by atoms with Crippen molar-refractivity contribution in [1.82, 2.24) is 10.2 Å². The fraction of sp³-hybridized carbons (Fsp3) is 0.667. The molecule has 2 atom stereocenters. The summed E-state index contributed by atoms with van der Waals surface area (Å²) < 4.78 is 0. The highest BCUT2D eigenvalue weighted by Gasteiger charge is 2.37. The number of phenolic OH excluding ortho intramolecular Hbond substituents is 1. The summed E-state index contributed by atoms with van der Waals surface area (Å²) in [6.45, 7) is 7.92. The highest BCUT2D eigenvalue weighted by molar-refractivity contribution is 5.26. The van der Waals surface area contributed by atoms with Crippen molar-refractivity contribution >= 4 is 0 Å². The first-order chi connectivity index (χ1) is 10.1. The smallest absolute Gasteiger partial charge is 0.115 e. The summed E-state index contributed by atoms with van der Waals surface area (Å²) in [5.41, 5.74) is 1.30. The standard InChI is InChI=1S/C18H28N2O/c1-13(2)9-16-10-19-18(15-5-6-15)12-20(16)11-14-3-7-17(21)8-4-14/h3-4,7-8,13,15-16,18-19,21H,5-6,9-12H2,1-2H3. The second-order valence-electron chi connectivity index (χ2n) is 7.23. The number of hydrogen-bond donors (Lipinski definition) is 2. The van der Waals surface area contributed by atoms with Gasteiger partial charge in [-0.05, 0) is 48.8 Å². The minimum Gasteiger partial charge on any atom is -0.508 e. The van der Waals surface area contributed by atoms with Crippen LogP contribution in [-0.4, -0.2) is 35.2 Å². The predicted molar refractivity (Wildman–Crippen MR) is 86.3 cm³/mol. The Hall–Kier alpha value is -1.06. The molecule has 3 nitrogen and oxygen atoms in total. The van der Waals surface area contributed by atoms with Gasteiger partial charge in [0.1, 0.15) is 5.75 Å². The van der Waals surface area contributed by atoms with Gasteiger partial charge in [-0.2, -0.15) is 0 Å². The van der Waals surface area contributed by atoms with Crippen LogP contribution in [0.4, 0.5) is 0 Å². The number of aromatic hydroxyl groups is 1. The first-order valence-electron chi connectivity index (χ1n) is 8.37. The normalized spacial score (nSPS) is 27.2. The van der Waals surface area contributed by atoms with Crippen molar-refractivity contribution in [2.45, 2.75) is 51.7 Å². The molecule has 21 heavy (non-hydrogen) atoms. The lowest BCUT2D eigenvalue weighted by Gasteiger charge is -2.41. The maximum absolute atomic E-state index is 9.43. The first kappa shape index (κ1) is 14.9. The summed E-state index contributed by atoms with van der Waals surface area (Å²) in [4.78, 5) is 2.66. The van der Waals surface area contributed by atoms with Crippen LogP contribution in [0.1, 0.15) is 38.7 Å². The maximum Gasteiger partial charge on any atom is 0.115 e. The molecule has 1 heterocycles. The highest BCUT2D eigenvalue weighted by atomic mass is 16.3. The molecule has 0 spiro atoms. The molecule has 0 aromatic heterocycles. The van der Waals surface area contributed by atoms with E-state index < -0.39 is 0 Å². The zero-order valence-corrected chi connectivity index (χ0v) is 13.3. The number of hydrogen-bond acceptors (Lipinski definition) is 3. The fourth-order valence-electron chi connectivity index (χ4n) is 3.50. The average molecular weight is 288 g/mol. The summed E-state index contributed by atoms with van der Waals surface area (Å²) in [7, 11) is 0. The quantitative estimate of drug-likeness (QED) is 0.874. The lowest BCUT2D eigenvalue weighted by molar-refractivity contribution is 0.0999. The zero-order chi connectivity index (χ0) is 14.8. The molecule has 2 unspecified atom stereocenters. The lowest BCUT2D eigenvalue weighted by Crippen LogP contribution is -2.57. The molecular formula is C18H28N2O. The molecular weight excluding hydrogens is 260 g/mol. The van der Waals surface area contributed by atoms with Gasteiger partial charge in [-0.15, -0.1) is 0 Å². The molecule has 1 aliphatic heterocycles. The average Bonchev–Trinajstić information content (AvgIpc) is 3.27. The van der Waals surface area contributed by atoms with E-state index in [2.05, 4.69) is 36.2 Å². The molecule has 1 saturated carbocycles. The van der Waals surface area contributed by atoms with Gasteiger partial charge in [0.25, 0.3) is 0 Å². The van der Waals surface area contributed by atoms with Crippen LogP contribution < -0.4 is 5.32 Å². The minimum absolute atomic E-state index is 0.355. The van der Waals surface area contributed by atoms with Gasteiger partial charge in [0.05, 0.1) is 0 Å². The van der Waals surface area contributed by atoms with Crippen molar-refractivity contribution in [2.24, 2.45) is 11.8 Å². The van der Waals surface area contributed by atoms with Gasteiger partial charge in [0.2, 0.25) is 0 Å².